The highest BCUT2D eigenvalue weighted by Gasteiger charge is 2.05. The van der Waals surface area contributed by atoms with Crippen molar-refractivity contribution in [3.05, 3.63) is 65.1 Å². The quantitative estimate of drug-likeness (QED) is 0.491. The fourth-order valence-corrected chi connectivity index (χ4v) is 3.62. The molecule has 1 aromatic heterocycles. The average molecular weight is 332 g/mol. The Morgan fingerprint density at radius 1 is 1.09 bits per heavy atom. The number of hydrogen-bond acceptors (Lipinski definition) is 3. The summed E-state index contributed by atoms with van der Waals surface area (Å²) in [6.07, 6.45) is 0. The van der Waals surface area contributed by atoms with E-state index in [4.69, 9.17) is 16.0 Å². The van der Waals surface area contributed by atoms with E-state index >= 15 is 0 Å². The normalized spacial score (nSPS) is 11.2. The van der Waals surface area contributed by atoms with Crippen molar-refractivity contribution >= 4 is 34.1 Å². The first-order valence-electron chi connectivity index (χ1n) is 7.30. The Bertz CT molecular complexity index is 769. The van der Waals surface area contributed by atoms with Gasteiger partial charge in [0.05, 0.1) is 11.6 Å². The molecule has 2 nitrogen and oxygen atoms in total. The Morgan fingerprint density at radius 3 is 2.77 bits per heavy atom. The van der Waals surface area contributed by atoms with Crippen LogP contribution in [0.3, 0.4) is 0 Å². The van der Waals surface area contributed by atoms with Gasteiger partial charge in [0.1, 0.15) is 11.5 Å². The first-order chi connectivity index (χ1) is 10.7. The van der Waals surface area contributed by atoms with Gasteiger partial charge in [-0.2, -0.15) is 0 Å². The number of thioether (sulfide) groups is 1. The van der Waals surface area contributed by atoms with E-state index in [0.717, 1.165) is 45.7 Å². The van der Waals surface area contributed by atoms with Crippen LogP contribution in [0.25, 0.3) is 10.8 Å². The Hall–Kier alpha value is -1.42. The van der Waals surface area contributed by atoms with Crippen LogP contribution < -0.4 is 5.32 Å². The molecule has 0 fully saturated rings. The lowest BCUT2D eigenvalue weighted by atomic mass is 10.1. The number of nitrogens with one attached hydrogen (secondary N) is 1. The zero-order valence-corrected chi connectivity index (χ0v) is 14.0. The van der Waals surface area contributed by atoms with Gasteiger partial charge in [0.25, 0.3) is 0 Å². The maximum absolute atomic E-state index is 6.50. The molecule has 22 heavy (non-hydrogen) atoms. The van der Waals surface area contributed by atoms with Crippen LogP contribution in [0.5, 0.6) is 0 Å². The molecule has 3 rings (SSSR count). The van der Waals surface area contributed by atoms with Crippen LogP contribution in [0.4, 0.5) is 0 Å². The molecule has 0 saturated heterocycles. The summed E-state index contributed by atoms with van der Waals surface area (Å²) in [5.74, 6) is 2.90. The Labute approximate surface area is 139 Å². The summed E-state index contributed by atoms with van der Waals surface area (Å²) in [6.45, 7) is 3.63. The summed E-state index contributed by atoms with van der Waals surface area (Å²) in [4.78, 5) is 1.14. The van der Waals surface area contributed by atoms with Crippen LogP contribution >= 0.6 is 23.4 Å². The SMILES string of the molecule is Cc1ccc(CNCCSc2ccc3ccccc3c2Cl)o1. The molecular formula is C18H18ClNOS. The average Bonchev–Trinajstić information content (AvgIpc) is 2.95. The molecule has 3 aromatic rings. The molecule has 0 atom stereocenters. The van der Waals surface area contributed by atoms with E-state index in [2.05, 4.69) is 29.6 Å². The highest BCUT2D eigenvalue weighted by Crippen LogP contribution is 2.33. The number of benzene rings is 2. The molecule has 1 N–H and O–H groups in total. The minimum atomic E-state index is 0.764. The third-order valence-corrected chi connectivity index (χ3v) is 5.04. The number of fused-ring (bicyclic) bond motifs is 1. The molecule has 0 radical (unpaired) electrons. The fourth-order valence-electron chi connectivity index (χ4n) is 2.35. The molecule has 4 heteroatoms. The Balaban J connectivity index is 1.52. The molecule has 0 aliphatic heterocycles. The number of aryl methyl sites for hydroxylation is 1. The van der Waals surface area contributed by atoms with Gasteiger partial charge < -0.3 is 9.73 Å². The lowest BCUT2D eigenvalue weighted by Gasteiger charge is -2.08. The lowest BCUT2D eigenvalue weighted by molar-refractivity contribution is 0.466. The van der Waals surface area contributed by atoms with Gasteiger partial charge in [0.2, 0.25) is 0 Å². The predicted molar refractivity (Wildman–Crippen MR) is 94.8 cm³/mol. The van der Waals surface area contributed by atoms with E-state index in [1.54, 1.807) is 11.8 Å². The van der Waals surface area contributed by atoms with E-state index in [9.17, 15) is 0 Å². The third-order valence-electron chi connectivity index (χ3n) is 3.46. The maximum atomic E-state index is 6.50. The molecule has 0 aliphatic rings. The zero-order chi connectivity index (χ0) is 15.4. The molecule has 0 bridgehead atoms. The minimum absolute atomic E-state index is 0.764. The molecule has 1 heterocycles. The monoisotopic (exact) mass is 331 g/mol. The van der Waals surface area contributed by atoms with Gasteiger partial charge in [-0.25, -0.2) is 0 Å². The summed E-state index contributed by atoms with van der Waals surface area (Å²) < 4.78 is 5.53. The van der Waals surface area contributed by atoms with Crippen LogP contribution in [0.1, 0.15) is 11.5 Å². The van der Waals surface area contributed by atoms with Crippen LogP contribution in [-0.2, 0) is 6.54 Å². The molecule has 2 aromatic carbocycles. The van der Waals surface area contributed by atoms with E-state index in [0.29, 0.717) is 0 Å². The number of hydrogen-bond donors (Lipinski definition) is 1. The van der Waals surface area contributed by atoms with E-state index < -0.39 is 0 Å². The second kappa shape index (κ2) is 7.23. The van der Waals surface area contributed by atoms with Crippen molar-refractivity contribution < 1.29 is 4.42 Å². The molecule has 0 amide bonds. The van der Waals surface area contributed by atoms with Gasteiger partial charge in [-0.05, 0) is 30.5 Å². The van der Waals surface area contributed by atoms with Crippen molar-refractivity contribution in [2.24, 2.45) is 0 Å². The van der Waals surface area contributed by atoms with Crippen molar-refractivity contribution in [2.45, 2.75) is 18.4 Å². The van der Waals surface area contributed by atoms with Gasteiger partial charge in [-0.3, -0.25) is 0 Å². The highest BCUT2D eigenvalue weighted by atomic mass is 35.5. The molecule has 0 saturated carbocycles. The van der Waals surface area contributed by atoms with Gasteiger partial charge >= 0.3 is 0 Å². The summed E-state index contributed by atoms with van der Waals surface area (Å²) in [6, 6.07) is 16.4. The van der Waals surface area contributed by atoms with Crippen molar-refractivity contribution in [2.75, 3.05) is 12.3 Å². The highest BCUT2D eigenvalue weighted by molar-refractivity contribution is 7.99. The molecular weight excluding hydrogens is 314 g/mol. The second-order valence-electron chi connectivity index (χ2n) is 5.14. The lowest BCUT2D eigenvalue weighted by Crippen LogP contribution is -2.16. The Kier molecular flexibility index (Phi) is 5.08. The topological polar surface area (TPSA) is 25.2 Å². The summed E-state index contributed by atoms with van der Waals surface area (Å²) in [5, 5.41) is 6.54. The summed E-state index contributed by atoms with van der Waals surface area (Å²) in [7, 11) is 0. The van der Waals surface area contributed by atoms with E-state index in [1.807, 2.05) is 31.2 Å². The zero-order valence-electron chi connectivity index (χ0n) is 12.4. The van der Waals surface area contributed by atoms with E-state index in [1.165, 1.54) is 5.39 Å². The van der Waals surface area contributed by atoms with Gasteiger partial charge in [-0.1, -0.05) is 41.9 Å². The summed E-state index contributed by atoms with van der Waals surface area (Å²) in [5.41, 5.74) is 0. The summed E-state index contributed by atoms with van der Waals surface area (Å²) >= 11 is 8.27. The first kappa shape index (κ1) is 15.5. The van der Waals surface area contributed by atoms with Crippen LogP contribution in [0, 0.1) is 6.92 Å². The number of rotatable bonds is 6. The second-order valence-corrected chi connectivity index (χ2v) is 6.65. The predicted octanol–water partition coefficient (Wildman–Crippen LogP) is 5.28. The molecule has 0 aliphatic carbocycles. The maximum Gasteiger partial charge on any atom is 0.117 e. The number of halogens is 1. The molecule has 0 unspecified atom stereocenters. The molecule has 114 valence electrons. The first-order valence-corrected chi connectivity index (χ1v) is 8.66. The van der Waals surface area contributed by atoms with Crippen molar-refractivity contribution in [1.82, 2.24) is 5.32 Å². The van der Waals surface area contributed by atoms with Gasteiger partial charge in [0, 0.05) is 22.6 Å². The van der Waals surface area contributed by atoms with Crippen molar-refractivity contribution in [3.63, 3.8) is 0 Å². The van der Waals surface area contributed by atoms with Gasteiger partial charge in [-0.15, -0.1) is 11.8 Å². The van der Waals surface area contributed by atoms with Crippen LogP contribution in [0.2, 0.25) is 5.02 Å². The molecule has 0 spiro atoms. The van der Waals surface area contributed by atoms with Crippen molar-refractivity contribution in [1.29, 1.82) is 0 Å². The standard InChI is InChI=1S/C18H18ClNOS/c1-13-6-8-15(21-13)12-20-10-11-22-17-9-7-14-4-2-3-5-16(14)18(17)19/h2-9,20H,10-12H2,1H3. The third kappa shape index (κ3) is 3.67. The largest absolute Gasteiger partial charge is 0.465 e. The van der Waals surface area contributed by atoms with Crippen LogP contribution in [-0.4, -0.2) is 12.3 Å². The van der Waals surface area contributed by atoms with Crippen LogP contribution in [0.15, 0.2) is 57.8 Å². The smallest absolute Gasteiger partial charge is 0.117 e. The van der Waals surface area contributed by atoms with Gasteiger partial charge in [0.15, 0.2) is 0 Å². The fraction of sp³-hybridized carbons (Fsp3) is 0.222. The van der Waals surface area contributed by atoms with E-state index in [-0.39, 0.29) is 0 Å². The minimum Gasteiger partial charge on any atom is -0.465 e. The Morgan fingerprint density at radius 2 is 1.95 bits per heavy atom. The van der Waals surface area contributed by atoms with Crippen molar-refractivity contribution in [3.8, 4) is 0 Å². The number of furan rings is 1.